The van der Waals surface area contributed by atoms with Crippen molar-refractivity contribution < 1.29 is 9.90 Å². The smallest absolute Gasteiger partial charge is 0.276 e. The van der Waals surface area contributed by atoms with Crippen LogP contribution >= 0.6 is 12.2 Å². The van der Waals surface area contributed by atoms with Crippen molar-refractivity contribution in [2.45, 2.75) is 45.1 Å². The molecule has 0 bridgehead atoms. The second-order valence-corrected chi connectivity index (χ2v) is 6.20. The molecular weight excluding hydrogens is 298 g/mol. The van der Waals surface area contributed by atoms with Crippen molar-refractivity contribution in [2.24, 2.45) is 0 Å². The van der Waals surface area contributed by atoms with Gasteiger partial charge in [0.1, 0.15) is 17.1 Å². The molecule has 1 aliphatic heterocycles. The van der Waals surface area contributed by atoms with Crippen LogP contribution < -0.4 is 5.32 Å². The van der Waals surface area contributed by atoms with Gasteiger partial charge in [0, 0.05) is 11.7 Å². The van der Waals surface area contributed by atoms with E-state index in [2.05, 4.69) is 10.3 Å². The Morgan fingerprint density at radius 3 is 2.82 bits per heavy atom. The molecule has 3 rings (SSSR count). The Bertz CT molecular complexity index is 651. The summed E-state index contributed by atoms with van der Waals surface area (Å²) >= 11 is 5.32. The fraction of sp³-hybridized carbons (Fsp3) is 0.438. The summed E-state index contributed by atoms with van der Waals surface area (Å²) in [7, 11) is 0. The van der Waals surface area contributed by atoms with Crippen molar-refractivity contribution >= 4 is 29.3 Å². The van der Waals surface area contributed by atoms with Crippen LogP contribution in [0.15, 0.2) is 17.8 Å². The van der Waals surface area contributed by atoms with Crippen LogP contribution in [0.2, 0.25) is 0 Å². The molecule has 0 spiro atoms. The van der Waals surface area contributed by atoms with Gasteiger partial charge in [0.15, 0.2) is 5.11 Å². The first-order valence-electron chi connectivity index (χ1n) is 7.59. The van der Waals surface area contributed by atoms with Crippen molar-refractivity contribution in [3.63, 3.8) is 0 Å². The van der Waals surface area contributed by atoms with Crippen LogP contribution in [-0.4, -0.2) is 32.1 Å². The van der Waals surface area contributed by atoms with Gasteiger partial charge in [0.25, 0.3) is 5.91 Å². The van der Waals surface area contributed by atoms with Crippen LogP contribution in [0.4, 0.5) is 0 Å². The van der Waals surface area contributed by atoms with Gasteiger partial charge >= 0.3 is 0 Å². The van der Waals surface area contributed by atoms with Crippen molar-refractivity contribution in [2.75, 3.05) is 0 Å². The standard InChI is InChI=1S/C16H19N3O2S/c1-10-7-8-14(20)12(17-10)9-13-15(21)19(16(22)18-13)11-5-3-2-4-6-11/h7-9,11,20H,2-6H2,1H3,(H,18,22)/b13-9+. The Kier molecular flexibility index (Phi) is 4.11. The molecule has 2 aliphatic rings. The summed E-state index contributed by atoms with van der Waals surface area (Å²) in [6.45, 7) is 1.84. The second kappa shape index (κ2) is 6.04. The summed E-state index contributed by atoms with van der Waals surface area (Å²) in [5.74, 6) is -0.0747. The number of amides is 1. The Balaban J connectivity index is 1.86. The zero-order valence-electron chi connectivity index (χ0n) is 12.5. The molecule has 2 heterocycles. The fourth-order valence-corrected chi connectivity index (χ4v) is 3.37. The van der Waals surface area contributed by atoms with E-state index >= 15 is 0 Å². The first-order chi connectivity index (χ1) is 10.6. The number of aryl methyl sites for hydroxylation is 1. The topological polar surface area (TPSA) is 65.5 Å². The fourth-order valence-electron chi connectivity index (χ4n) is 3.03. The van der Waals surface area contributed by atoms with Crippen LogP contribution in [0.25, 0.3) is 6.08 Å². The maximum absolute atomic E-state index is 12.6. The summed E-state index contributed by atoms with van der Waals surface area (Å²) < 4.78 is 0. The van der Waals surface area contributed by atoms with Crippen LogP contribution in [0.3, 0.4) is 0 Å². The van der Waals surface area contributed by atoms with E-state index in [1.807, 2.05) is 6.92 Å². The number of thiocarbonyl (C=S) groups is 1. The van der Waals surface area contributed by atoms with Crippen LogP contribution in [0.5, 0.6) is 5.75 Å². The van der Waals surface area contributed by atoms with Crippen molar-refractivity contribution in [1.82, 2.24) is 15.2 Å². The Morgan fingerprint density at radius 1 is 1.36 bits per heavy atom. The minimum absolute atomic E-state index is 0.0507. The van der Waals surface area contributed by atoms with Gasteiger partial charge in [0.05, 0.1) is 0 Å². The van der Waals surface area contributed by atoms with E-state index in [1.165, 1.54) is 6.42 Å². The summed E-state index contributed by atoms with van der Waals surface area (Å²) in [5.41, 5.74) is 1.54. The molecule has 1 aromatic rings. The highest BCUT2D eigenvalue weighted by Gasteiger charge is 2.36. The van der Waals surface area contributed by atoms with Gasteiger partial charge in [-0.3, -0.25) is 9.69 Å². The SMILES string of the molecule is Cc1ccc(O)c(/C=C2/NC(=S)N(C3CCCCC3)C2=O)n1. The lowest BCUT2D eigenvalue weighted by Gasteiger charge is -2.29. The lowest BCUT2D eigenvalue weighted by atomic mass is 9.94. The number of rotatable bonds is 2. The molecule has 6 heteroatoms. The molecule has 0 unspecified atom stereocenters. The average molecular weight is 317 g/mol. The highest BCUT2D eigenvalue weighted by molar-refractivity contribution is 7.80. The van der Waals surface area contributed by atoms with E-state index in [9.17, 15) is 9.90 Å². The van der Waals surface area contributed by atoms with Crippen LogP contribution in [0.1, 0.15) is 43.5 Å². The third-order valence-electron chi connectivity index (χ3n) is 4.17. The van der Waals surface area contributed by atoms with E-state index in [0.717, 1.165) is 31.4 Å². The Labute approximate surface area is 135 Å². The number of nitrogens with zero attached hydrogens (tertiary/aromatic N) is 2. The minimum atomic E-state index is -0.125. The summed E-state index contributed by atoms with van der Waals surface area (Å²) in [6, 6.07) is 3.48. The lowest BCUT2D eigenvalue weighted by molar-refractivity contribution is -0.124. The molecule has 1 amide bonds. The van der Waals surface area contributed by atoms with Crippen molar-refractivity contribution in [3.05, 3.63) is 29.2 Å². The third-order valence-corrected chi connectivity index (χ3v) is 4.47. The highest BCUT2D eigenvalue weighted by Crippen LogP contribution is 2.27. The van der Waals surface area contributed by atoms with E-state index in [1.54, 1.807) is 23.1 Å². The predicted octanol–water partition coefficient (Wildman–Crippen LogP) is 2.49. The number of pyridine rings is 1. The molecule has 0 aromatic carbocycles. The zero-order chi connectivity index (χ0) is 15.7. The van der Waals surface area contributed by atoms with Crippen LogP contribution in [0, 0.1) is 6.92 Å². The number of carbonyl (C=O) groups is 1. The predicted molar refractivity (Wildman–Crippen MR) is 88.1 cm³/mol. The second-order valence-electron chi connectivity index (χ2n) is 5.81. The molecule has 0 atom stereocenters. The largest absolute Gasteiger partial charge is 0.506 e. The van der Waals surface area contributed by atoms with E-state index < -0.39 is 0 Å². The van der Waals surface area contributed by atoms with Gasteiger partial charge < -0.3 is 10.4 Å². The monoisotopic (exact) mass is 317 g/mol. The lowest BCUT2D eigenvalue weighted by Crippen LogP contribution is -2.41. The van der Waals surface area contributed by atoms with Gasteiger partial charge in [-0.15, -0.1) is 0 Å². The number of nitrogens with one attached hydrogen (secondary N) is 1. The van der Waals surface area contributed by atoms with Gasteiger partial charge in [-0.1, -0.05) is 19.3 Å². The summed E-state index contributed by atoms with van der Waals surface area (Å²) in [6.07, 6.45) is 7.05. The normalized spacial score (nSPS) is 21.5. The molecular formula is C16H19N3O2S. The molecule has 116 valence electrons. The van der Waals surface area contributed by atoms with E-state index in [4.69, 9.17) is 12.2 Å². The first-order valence-corrected chi connectivity index (χ1v) is 8.00. The van der Waals surface area contributed by atoms with Gasteiger partial charge in [-0.2, -0.15) is 0 Å². The van der Waals surface area contributed by atoms with Crippen molar-refractivity contribution in [1.29, 1.82) is 0 Å². The number of aromatic hydroxyl groups is 1. The summed E-state index contributed by atoms with van der Waals surface area (Å²) in [4.78, 5) is 18.6. The number of hydrogen-bond acceptors (Lipinski definition) is 4. The third kappa shape index (κ3) is 2.83. The molecule has 1 saturated carbocycles. The average Bonchev–Trinajstić information content (AvgIpc) is 2.78. The molecule has 2 N–H and O–H groups in total. The quantitative estimate of drug-likeness (QED) is 0.648. The van der Waals surface area contributed by atoms with Gasteiger partial charge in [-0.05, 0) is 50.2 Å². The number of hydrogen-bond donors (Lipinski definition) is 2. The highest BCUT2D eigenvalue weighted by atomic mass is 32.1. The maximum Gasteiger partial charge on any atom is 0.276 e. The van der Waals surface area contributed by atoms with Crippen LogP contribution in [-0.2, 0) is 4.79 Å². The molecule has 1 aliphatic carbocycles. The molecule has 22 heavy (non-hydrogen) atoms. The van der Waals surface area contributed by atoms with Crippen molar-refractivity contribution in [3.8, 4) is 5.75 Å². The maximum atomic E-state index is 12.6. The van der Waals surface area contributed by atoms with E-state index in [-0.39, 0.29) is 17.7 Å². The molecule has 1 saturated heterocycles. The summed E-state index contributed by atoms with van der Waals surface area (Å²) in [5, 5.41) is 13.3. The Hall–Kier alpha value is -1.95. The molecule has 1 aromatic heterocycles. The minimum Gasteiger partial charge on any atom is -0.506 e. The van der Waals surface area contributed by atoms with Gasteiger partial charge in [-0.25, -0.2) is 4.98 Å². The first kappa shape index (κ1) is 15.0. The van der Waals surface area contributed by atoms with Gasteiger partial charge in [0.2, 0.25) is 0 Å². The number of carbonyl (C=O) groups excluding carboxylic acids is 1. The molecule has 2 fully saturated rings. The molecule has 5 nitrogen and oxygen atoms in total. The Morgan fingerprint density at radius 2 is 2.09 bits per heavy atom. The molecule has 0 radical (unpaired) electrons. The number of aromatic nitrogens is 1. The van der Waals surface area contributed by atoms with E-state index in [0.29, 0.717) is 16.5 Å². The zero-order valence-corrected chi connectivity index (χ0v) is 13.3.